The van der Waals surface area contributed by atoms with E-state index in [1.807, 2.05) is 43.3 Å². The number of hydrogen-bond acceptors (Lipinski definition) is 2. The summed E-state index contributed by atoms with van der Waals surface area (Å²) in [5, 5.41) is 14.3. The highest BCUT2D eigenvalue weighted by molar-refractivity contribution is 6.33. The van der Waals surface area contributed by atoms with Gasteiger partial charge in [-0.05, 0) is 36.8 Å². The van der Waals surface area contributed by atoms with Crippen molar-refractivity contribution in [1.29, 1.82) is 0 Å². The second-order valence-electron chi connectivity index (χ2n) is 4.60. The monoisotopic (exact) mass is 295 g/mol. The van der Waals surface area contributed by atoms with E-state index >= 15 is 0 Å². The first-order valence-corrected chi connectivity index (χ1v) is 6.70. The van der Waals surface area contributed by atoms with E-state index in [2.05, 4.69) is 5.32 Å². The number of halogens is 2. The van der Waals surface area contributed by atoms with Gasteiger partial charge in [0.05, 0.1) is 22.9 Å². The lowest BCUT2D eigenvalue weighted by Gasteiger charge is -2.31. The van der Waals surface area contributed by atoms with Crippen LogP contribution >= 0.6 is 23.2 Å². The van der Waals surface area contributed by atoms with Crippen molar-refractivity contribution in [3.63, 3.8) is 0 Å². The Morgan fingerprint density at radius 1 is 1.05 bits per heavy atom. The van der Waals surface area contributed by atoms with E-state index in [0.29, 0.717) is 10.0 Å². The lowest BCUT2D eigenvalue weighted by atomic mass is 9.92. The molecule has 2 nitrogen and oxygen atoms in total. The molecule has 0 fully saturated rings. The van der Waals surface area contributed by atoms with Crippen LogP contribution in [0.25, 0.3) is 0 Å². The Hall–Kier alpha value is -1.22. The Morgan fingerprint density at radius 2 is 1.68 bits per heavy atom. The average Bonchev–Trinajstić information content (AvgIpc) is 2.42. The molecule has 0 aromatic heterocycles. The van der Waals surface area contributed by atoms with Gasteiger partial charge >= 0.3 is 0 Å². The Balaban J connectivity index is 2.33. The van der Waals surface area contributed by atoms with Crippen molar-refractivity contribution in [2.75, 3.05) is 11.9 Å². The van der Waals surface area contributed by atoms with Crippen LogP contribution in [0, 0.1) is 0 Å². The molecule has 0 bridgehead atoms. The molecule has 1 atom stereocenters. The van der Waals surface area contributed by atoms with Gasteiger partial charge in [-0.15, -0.1) is 0 Å². The van der Waals surface area contributed by atoms with Crippen molar-refractivity contribution in [2.45, 2.75) is 12.5 Å². The van der Waals surface area contributed by atoms with Crippen LogP contribution in [0.1, 0.15) is 12.5 Å². The van der Waals surface area contributed by atoms with Gasteiger partial charge in [-0.25, -0.2) is 0 Å². The van der Waals surface area contributed by atoms with E-state index < -0.39 is 5.54 Å². The summed E-state index contributed by atoms with van der Waals surface area (Å²) in [6, 6.07) is 14.8. The largest absolute Gasteiger partial charge is 0.394 e. The Labute approximate surface area is 123 Å². The number of benzene rings is 2. The van der Waals surface area contributed by atoms with Crippen LogP contribution in [-0.2, 0) is 5.54 Å². The first-order valence-electron chi connectivity index (χ1n) is 5.95. The summed E-state index contributed by atoms with van der Waals surface area (Å²) in [5.41, 5.74) is 1.12. The van der Waals surface area contributed by atoms with E-state index in [0.717, 1.165) is 11.3 Å². The van der Waals surface area contributed by atoms with E-state index in [9.17, 15) is 5.11 Å². The molecule has 2 aromatic rings. The molecule has 0 radical (unpaired) electrons. The SMILES string of the molecule is CC(CO)(Nc1ccccc1Cl)c1ccc(Cl)cc1. The molecule has 0 amide bonds. The molecule has 19 heavy (non-hydrogen) atoms. The number of anilines is 1. The van der Waals surface area contributed by atoms with Crippen molar-refractivity contribution in [2.24, 2.45) is 0 Å². The molecule has 2 rings (SSSR count). The van der Waals surface area contributed by atoms with Gasteiger partial charge in [-0.3, -0.25) is 0 Å². The molecule has 4 heteroatoms. The molecular weight excluding hydrogens is 281 g/mol. The van der Waals surface area contributed by atoms with Gasteiger partial charge in [0.1, 0.15) is 0 Å². The Kier molecular flexibility index (Phi) is 4.35. The lowest BCUT2D eigenvalue weighted by molar-refractivity contribution is 0.224. The molecule has 0 heterocycles. The minimum Gasteiger partial charge on any atom is -0.394 e. The second-order valence-corrected chi connectivity index (χ2v) is 5.45. The van der Waals surface area contributed by atoms with Crippen molar-refractivity contribution in [3.05, 3.63) is 64.1 Å². The smallest absolute Gasteiger partial charge is 0.0828 e. The molecule has 0 saturated carbocycles. The number of para-hydroxylation sites is 1. The third kappa shape index (κ3) is 3.21. The normalized spacial score (nSPS) is 13.9. The molecule has 2 N–H and O–H groups in total. The predicted molar refractivity (Wildman–Crippen MR) is 81.0 cm³/mol. The van der Waals surface area contributed by atoms with Crippen molar-refractivity contribution in [3.8, 4) is 0 Å². The summed E-state index contributed by atoms with van der Waals surface area (Å²) in [4.78, 5) is 0. The van der Waals surface area contributed by atoms with Crippen LogP contribution < -0.4 is 5.32 Å². The fourth-order valence-corrected chi connectivity index (χ4v) is 2.19. The van der Waals surface area contributed by atoms with Crippen molar-refractivity contribution in [1.82, 2.24) is 0 Å². The zero-order valence-corrected chi connectivity index (χ0v) is 12.0. The van der Waals surface area contributed by atoms with Gasteiger partial charge < -0.3 is 10.4 Å². The average molecular weight is 296 g/mol. The maximum Gasteiger partial charge on any atom is 0.0828 e. The van der Waals surface area contributed by atoms with Crippen molar-refractivity contribution < 1.29 is 5.11 Å². The highest BCUT2D eigenvalue weighted by atomic mass is 35.5. The maximum absolute atomic E-state index is 9.72. The van der Waals surface area contributed by atoms with Crippen LogP contribution in [0.5, 0.6) is 0 Å². The molecule has 1 unspecified atom stereocenters. The standard InChI is InChI=1S/C15H15Cl2NO/c1-15(10-19,11-6-8-12(16)9-7-11)18-14-5-3-2-4-13(14)17/h2-9,18-19H,10H2,1H3. The lowest BCUT2D eigenvalue weighted by Crippen LogP contribution is -2.35. The highest BCUT2D eigenvalue weighted by Crippen LogP contribution is 2.30. The molecule has 2 aromatic carbocycles. The Morgan fingerprint density at radius 3 is 2.26 bits per heavy atom. The number of nitrogens with one attached hydrogen (secondary N) is 1. The number of rotatable bonds is 4. The van der Waals surface area contributed by atoms with E-state index in [4.69, 9.17) is 23.2 Å². The van der Waals surface area contributed by atoms with E-state index in [1.54, 1.807) is 12.1 Å². The van der Waals surface area contributed by atoms with Crippen LogP contribution in [-0.4, -0.2) is 11.7 Å². The zero-order valence-electron chi connectivity index (χ0n) is 10.5. The second kappa shape index (κ2) is 5.83. The van der Waals surface area contributed by atoms with Crippen LogP contribution in [0.3, 0.4) is 0 Å². The molecule has 0 aliphatic rings. The summed E-state index contributed by atoms with van der Waals surface area (Å²) < 4.78 is 0. The third-order valence-corrected chi connectivity index (χ3v) is 3.66. The summed E-state index contributed by atoms with van der Waals surface area (Å²) in [6.07, 6.45) is 0. The van der Waals surface area contributed by atoms with Gasteiger partial charge in [0.25, 0.3) is 0 Å². The minimum absolute atomic E-state index is 0.0557. The van der Waals surface area contributed by atoms with Gasteiger partial charge in [-0.1, -0.05) is 47.5 Å². The summed E-state index contributed by atoms with van der Waals surface area (Å²) in [6.45, 7) is 1.86. The number of aliphatic hydroxyl groups is 1. The predicted octanol–water partition coefficient (Wildman–Crippen LogP) is 4.31. The van der Waals surface area contributed by atoms with Crippen LogP contribution in [0.2, 0.25) is 10.0 Å². The molecular formula is C15H15Cl2NO. The van der Waals surface area contributed by atoms with Crippen LogP contribution in [0.15, 0.2) is 48.5 Å². The third-order valence-electron chi connectivity index (χ3n) is 3.08. The Bertz CT molecular complexity index is 556. The first kappa shape index (κ1) is 14.2. The zero-order chi connectivity index (χ0) is 13.9. The maximum atomic E-state index is 9.72. The number of hydrogen-bond donors (Lipinski definition) is 2. The molecule has 0 aliphatic heterocycles. The molecule has 0 aliphatic carbocycles. The molecule has 100 valence electrons. The van der Waals surface area contributed by atoms with Crippen LogP contribution in [0.4, 0.5) is 5.69 Å². The molecule has 0 saturated heterocycles. The van der Waals surface area contributed by atoms with Gasteiger partial charge in [0.15, 0.2) is 0 Å². The number of aliphatic hydroxyl groups excluding tert-OH is 1. The van der Waals surface area contributed by atoms with Gasteiger partial charge in [0.2, 0.25) is 0 Å². The van der Waals surface area contributed by atoms with Gasteiger partial charge in [0, 0.05) is 5.02 Å². The van der Waals surface area contributed by atoms with E-state index in [-0.39, 0.29) is 6.61 Å². The quantitative estimate of drug-likeness (QED) is 0.881. The summed E-state index contributed by atoms with van der Waals surface area (Å²) in [7, 11) is 0. The summed E-state index contributed by atoms with van der Waals surface area (Å²) in [5.74, 6) is 0. The minimum atomic E-state index is -0.615. The fourth-order valence-electron chi connectivity index (χ4n) is 1.88. The fraction of sp³-hybridized carbons (Fsp3) is 0.200. The highest BCUT2D eigenvalue weighted by Gasteiger charge is 2.26. The summed E-state index contributed by atoms with van der Waals surface area (Å²) >= 11 is 12.0. The first-order chi connectivity index (χ1) is 9.05. The van der Waals surface area contributed by atoms with Crippen molar-refractivity contribution >= 4 is 28.9 Å². The topological polar surface area (TPSA) is 32.3 Å². The van der Waals surface area contributed by atoms with E-state index in [1.165, 1.54) is 0 Å². The van der Waals surface area contributed by atoms with Gasteiger partial charge in [-0.2, -0.15) is 0 Å². The molecule has 0 spiro atoms.